The van der Waals surface area contributed by atoms with E-state index in [0.717, 1.165) is 10.4 Å². The van der Waals surface area contributed by atoms with Gasteiger partial charge in [0, 0.05) is 0 Å². The first-order valence-corrected chi connectivity index (χ1v) is 9.25. The summed E-state index contributed by atoms with van der Waals surface area (Å²) in [5, 5.41) is -0.0150. The van der Waals surface area contributed by atoms with E-state index < -0.39 is 24.9 Å². The van der Waals surface area contributed by atoms with Gasteiger partial charge < -0.3 is 0 Å². The molecular weight excluding hydrogens is 298 g/mol. The molecule has 1 nitrogen and oxygen atoms in total. The Morgan fingerprint density at radius 1 is 0.864 bits per heavy atom. The number of alkyl halides is 2. The van der Waals surface area contributed by atoms with E-state index in [2.05, 4.69) is 0 Å². The molecule has 0 bridgehead atoms. The van der Waals surface area contributed by atoms with Crippen molar-refractivity contribution in [2.24, 2.45) is 0 Å². The van der Waals surface area contributed by atoms with E-state index >= 15 is 0 Å². The first kappa shape index (κ1) is 16.6. The lowest BCUT2D eigenvalue weighted by Crippen LogP contribution is -2.71. The molecule has 0 aromatic heterocycles. The summed E-state index contributed by atoms with van der Waals surface area (Å²) in [6.07, 6.45) is -2.97. The molecular formula is C18H20F2OSi. The molecule has 0 N–H and O–H groups in total. The average molecular weight is 318 g/mol. The lowest BCUT2D eigenvalue weighted by Gasteiger charge is -2.42. The highest BCUT2D eigenvalue weighted by Crippen LogP contribution is 2.37. The predicted molar refractivity (Wildman–Crippen MR) is 88.6 cm³/mol. The highest BCUT2D eigenvalue weighted by molar-refractivity contribution is 7.24. The summed E-state index contributed by atoms with van der Waals surface area (Å²) < 4.78 is 27.0. The third kappa shape index (κ3) is 2.63. The molecule has 2 aromatic carbocycles. The van der Waals surface area contributed by atoms with E-state index in [1.807, 2.05) is 81.4 Å². The van der Waals surface area contributed by atoms with E-state index in [1.54, 1.807) is 0 Å². The van der Waals surface area contributed by atoms with Crippen molar-refractivity contribution >= 4 is 23.9 Å². The first-order valence-electron chi connectivity index (χ1n) is 7.25. The van der Waals surface area contributed by atoms with Crippen molar-refractivity contribution in [3.05, 3.63) is 60.7 Å². The van der Waals surface area contributed by atoms with E-state index in [1.165, 1.54) is 0 Å². The summed E-state index contributed by atoms with van der Waals surface area (Å²) >= 11 is 0. The molecule has 0 amide bonds. The zero-order chi connectivity index (χ0) is 16.4. The molecule has 0 atom stereocenters. The van der Waals surface area contributed by atoms with Gasteiger partial charge >= 0.3 is 0 Å². The fraction of sp³-hybridized carbons (Fsp3) is 0.278. The number of halogens is 2. The fourth-order valence-electron chi connectivity index (χ4n) is 3.23. The second kappa shape index (κ2) is 6.13. The molecule has 0 aliphatic rings. The van der Waals surface area contributed by atoms with Crippen molar-refractivity contribution in [2.75, 3.05) is 0 Å². The number of carbonyl (C=O) groups excluding carboxylic acids is 1. The van der Waals surface area contributed by atoms with Crippen LogP contribution in [0.4, 0.5) is 8.78 Å². The maximum Gasteiger partial charge on any atom is 0.292 e. The van der Waals surface area contributed by atoms with Crippen molar-refractivity contribution in [3.63, 3.8) is 0 Å². The van der Waals surface area contributed by atoms with Crippen molar-refractivity contribution in [1.82, 2.24) is 0 Å². The van der Waals surface area contributed by atoms with Crippen LogP contribution >= 0.6 is 0 Å². The minimum absolute atomic E-state index is 0.566. The summed E-state index contributed by atoms with van der Waals surface area (Å²) in [7, 11) is -3.30. The molecule has 0 aliphatic heterocycles. The highest BCUT2D eigenvalue weighted by atomic mass is 28.3. The van der Waals surface area contributed by atoms with E-state index in [-0.39, 0.29) is 0 Å². The quantitative estimate of drug-likeness (QED) is 0.790. The minimum atomic E-state index is -3.30. The Balaban J connectivity index is 2.85. The van der Waals surface area contributed by atoms with E-state index in [4.69, 9.17) is 0 Å². The highest BCUT2D eigenvalue weighted by Gasteiger charge is 2.56. The van der Waals surface area contributed by atoms with Crippen LogP contribution in [0.15, 0.2) is 60.7 Å². The number of hydrogen-bond acceptors (Lipinski definition) is 1. The van der Waals surface area contributed by atoms with Crippen molar-refractivity contribution < 1.29 is 13.6 Å². The lowest BCUT2D eigenvalue weighted by molar-refractivity contribution is -0.122. The Labute approximate surface area is 131 Å². The van der Waals surface area contributed by atoms with Crippen LogP contribution in [0.5, 0.6) is 0 Å². The van der Waals surface area contributed by atoms with Gasteiger partial charge in [-0.05, 0) is 15.4 Å². The lowest BCUT2D eigenvalue weighted by atomic mass is 10.2. The third-order valence-corrected chi connectivity index (χ3v) is 9.71. The minimum Gasteiger partial charge on any atom is -0.298 e. The zero-order valence-corrected chi connectivity index (χ0v) is 14.0. The Hall–Kier alpha value is -1.81. The average Bonchev–Trinajstić information content (AvgIpc) is 2.48. The standard InChI is InChI=1S/C18H20F2OSi/c1-18(2,3)22(17(21)16(19)20,14-10-6-4-7-11-14)15-12-8-5-9-13-15/h4-13,16H,1-3H3. The van der Waals surface area contributed by atoms with Gasteiger partial charge in [0.15, 0.2) is 5.41 Å². The van der Waals surface area contributed by atoms with E-state index in [9.17, 15) is 13.6 Å². The molecule has 0 heterocycles. The van der Waals surface area contributed by atoms with Crippen LogP contribution < -0.4 is 10.4 Å². The van der Waals surface area contributed by atoms with Crippen LogP contribution in [0.3, 0.4) is 0 Å². The van der Waals surface area contributed by atoms with Crippen LogP contribution in [0, 0.1) is 0 Å². The number of carbonyl (C=O) groups is 1. The molecule has 0 saturated carbocycles. The smallest absolute Gasteiger partial charge is 0.292 e. The molecule has 0 saturated heterocycles. The summed E-state index contributed by atoms with van der Waals surface area (Å²) in [6, 6.07) is 18.2. The molecule has 0 fully saturated rings. The molecule has 2 aromatic rings. The van der Waals surface area contributed by atoms with Gasteiger partial charge in [-0.3, -0.25) is 4.79 Å². The van der Waals surface area contributed by atoms with Gasteiger partial charge in [-0.1, -0.05) is 81.4 Å². The van der Waals surface area contributed by atoms with Gasteiger partial charge in [0.1, 0.15) is 0 Å². The van der Waals surface area contributed by atoms with Gasteiger partial charge in [0.25, 0.3) is 6.43 Å². The fourth-order valence-corrected chi connectivity index (χ4v) is 8.31. The molecule has 0 radical (unpaired) electrons. The molecule has 22 heavy (non-hydrogen) atoms. The number of benzene rings is 2. The van der Waals surface area contributed by atoms with Crippen LogP contribution in [0.2, 0.25) is 5.04 Å². The Bertz CT molecular complexity index is 594. The molecule has 4 heteroatoms. The molecule has 0 spiro atoms. The van der Waals surface area contributed by atoms with Crippen molar-refractivity contribution in [2.45, 2.75) is 32.2 Å². The normalized spacial score (nSPS) is 12.5. The maximum atomic E-state index is 13.5. The monoisotopic (exact) mass is 318 g/mol. The second-order valence-electron chi connectivity index (χ2n) is 6.40. The van der Waals surface area contributed by atoms with Gasteiger partial charge in [-0.15, -0.1) is 0 Å². The summed E-state index contributed by atoms with van der Waals surface area (Å²) in [4.78, 5) is 12.7. The Kier molecular flexibility index (Phi) is 4.61. The van der Waals surface area contributed by atoms with Gasteiger partial charge in [-0.2, -0.15) is 0 Å². The van der Waals surface area contributed by atoms with Crippen molar-refractivity contribution in [1.29, 1.82) is 0 Å². The largest absolute Gasteiger partial charge is 0.298 e. The van der Waals surface area contributed by atoms with Gasteiger partial charge in [0.05, 0.1) is 0 Å². The Morgan fingerprint density at radius 2 is 1.23 bits per heavy atom. The first-order chi connectivity index (χ1) is 10.3. The summed E-state index contributed by atoms with van der Waals surface area (Å²) in [6.45, 7) is 5.67. The van der Waals surface area contributed by atoms with Crippen LogP contribution in [-0.4, -0.2) is 19.9 Å². The van der Waals surface area contributed by atoms with Crippen molar-refractivity contribution in [3.8, 4) is 0 Å². The second-order valence-corrected chi connectivity index (χ2v) is 11.0. The van der Waals surface area contributed by atoms with E-state index in [0.29, 0.717) is 0 Å². The SMILES string of the molecule is CC(C)(C)[Si](C(=O)C(F)F)(c1ccccc1)c1ccccc1. The third-order valence-electron chi connectivity index (χ3n) is 4.11. The number of rotatable bonds is 4. The van der Waals surface area contributed by atoms with Crippen LogP contribution in [0.25, 0.3) is 0 Å². The van der Waals surface area contributed by atoms with Gasteiger partial charge in [-0.25, -0.2) is 8.78 Å². The van der Waals surface area contributed by atoms with Crippen LogP contribution in [0.1, 0.15) is 20.8 Å². The van der Waals surface area contributed by atoms with Gasteiger partial charge in [0.2, 0.25) is 8.07 Å². The maximum absolute atomic E-state index is 13.5. The zero-order valence-electron chi connectivity index (χ0n) is 13.0. The molecule has 116 valence electrons. The predicted octanol–water partition coefficient (Wildman–Crippen LogP) is 3.42. The summed E-state index contributed by atoms with van der Waals surface area (Å²) in [5.41, 5.74) is 0. The Morgan fingerprint density at radius 3 is 1.50 bits per heavy atom. The molecule has 0 aliphatic carbocycles. The van der Waals surface area contributed by atoms with Crippen LogP contribution in [-0.2, 0) is 4.79 Å². The number of hydrogen-bond donors (Lipinski definition) is 0. The summed E-state index contributed by atoms with van der Waals surface area (Å²) in [5.74, 6) is 0. The molecule has 2 rings (SSSR count). The molecule has 0 unspecified atom stereocenters. The topological polar surface area (TPSA) is 17.1 Å².